The van der Waals surface area contributed by atoms with Gasteiger partial charge < -0.3 is 19.2 Å². The molecule has 0 saturated heterocycles. The Morgan fingerprint density at radius 3 is 2.34 bits per heavy atom. The van der Waals surface area contributed by atoms with Crippen molar-refractivity contribution in [1.29, 1.82) is 0 Å². The molecule has 0 aliphatic heterocycles. The first-order valence-corrected chi connectivity index (χ1v) is 9.84. The second-order valence-electron chi connectivity index (χ2n) is 6.96. The van der Waals surface area contributed by atoms with Gasteiger partial charge in [-0.1, -0.05) is 0 Å². The van der Waals surface area contributed by atoms with Gasteiger partial charge in [0.1, 0.15) is 5.76 Å². The highest BCUT2D eigenvalue weighted by Gasteiger charge is 2.17. The number of anilines is 1. The van der Waals surface area contributed by atoms with Crippen LogP contribution in [0.25, 0.3) is 0 Å². The van der Waals surface area contributed by atoms with Crippen molar-refractivity contribution in [3.63, 3.8) is 0 Å². The molecule has 0 bridgehead atoms. The van der Waals surface area contributed by atoms with E-state index in [9.17, 15) is 9.59 Å². The first-order valence-electron chi connectivity index (χ1n) is 9.84. The van der Waals surface area contributed by atoms with Crippen LogP contribution in [0.5, 0.6) is 0 Å². The van der Waals surface area contributed by atoms with Crippen molar-refractivity contribution in [2.24, 2.45) is 0 Å². The molecule has 0 unspecified atom stereocenters. The highest BCUT2D eigenvalue weighted by atomic mass is 16.3. The van der Waals surface area contributed by atoms with E-state index in [2.05, 4.69) is 9.88 Å². The largest absolute Gasteiger partial charge is 0.467 e. The van der Waals surface area contributed by atoms with Gasteiger partial charge in [0.15, 0.2) is 0 Å². The quantitative estimate of drug-likeness (QED) is 0.643. The summed E-state index contributed by atoms with van der Waals surface area (Å²) < 4.78 is 7.48. The van der Waals surface area contributed by atoms with Gasteiger partial charge in [0.05, 0.1) is 18.4 Å². The van der Waals surface area contributed by atoms with E-state index >= 15 is 0 Å². The van der Waals surface area contributed by atoms with Gasteiger partial charge in [-0.15, -0.1) is 0 Å². The number of aryl methyl sites for hydroxylation is 1. The van der Waals surface area contributed by atoms with Crippen molar-refractivity contribution in [2.45, 2.75) is 34.2 Å². The lowest BCUT2D eigenvalue weighted by Crippen LogP contribution is -2.30. The minimum absolute atomic E-state index is 0.00523. The minimum atomic E-state index is -0.174. The summed E-state index contributed by atoms with van der Waals surface area (Å²) in [4.78, 5) is 27.0. The molecule has 0 aliphatic carbocycles. The van der Waals surface area contributed by atoms with Crippen LogP contribution in [-0.4, -0.2) is 34.4 Å². The van der Waals surface area contributed by atoms with Crippen molar-refractivity contribution in [3.8, 4) is 0 Å². The van der Waals surface area contributed by atoms with E-state index in [1.54, 1.807) is 35.4 Å². The third kappa shape index (κ3) is 4.42. The predicted octanol–water partition coefficient (Wildman–Crippen LogP) is 4.48. The molecule has 3 rings (SSSR count). The summed E-state index contributed by atoms with van der Waals surface area (Å²) >= 11 is 0. The van der Waals surface area contributed by atoms with Crippen LogP contribution in [0.1, 0.15) is 51.7 Å². The van der Waals surface area contributed by atoms with Gasteiger partial charge in [0.2, 0.25) is 0 Å². The summed E-state index contributed by atoms with van der Waals surface area (Å²) in [5.41, 5.74) is 3.76. The molecular formula is C23H27N3O3. The summed E-state index contributed by atoms with van der Waals surface area (Å²) in [6.07, 6.45) is 1.64. The van der Waals surface area contributed by atoms with Gasteiger partial charge in [0, 0.05) is 35.7 Å². The molecular weight excluding hydrogens is 366 g/mol. The number of carbonyl (C=O) groups is 2. The number of aromatic nitrogens is 1. The van der Waals surface area contributed by atoms with Crippen LogP contribution in [0.3, 0.4) is 0 Å². The molecule has 0 spiro atoms. The van der Waals surface area contributed by atoms with Crippen LogP contribution in [-0.2, 0) is 6.54 Å². The van der Waals surface area contributed by atoms with Crippen LogP contribution < -0.4 is 5.32 Å². The third-order valence-electron chi connectivity index (χ3n) is 5.15. The molecule has 2 heterocycles. The zero-order valence-electron chi connectivity index (χ0n) is 17.4. The molecule has 1 aromatic carbocycles. The average Bonchev–Trinajstić information content (AvgIpc) is 3.33. The van der Waals surface area contributed by atoms with Crippen LogP contribution in [0.15, 0.2) is 53.1 Å². The molecule has 0 fully saturated rings. The number of nitrogens with zero attached hydrogens (tertiary/aromatic N) is 2. The lowest BCUT2D eigenvalue weighted by atomic mass is 10.1. The van der Waals surface area contributed by atoms with Crippen molar-refractivity contribution in [1.82, 2.24) is 9.47 Å². The van der Waals surface area contributed by atoms with Crippen LogP contribution in [0.2, 0.25) is 0 Å². The number of nitrogens with one attached hydrogen (secondary N) is 1. The lowest BCUT2D eigenvalue weighted by Gasteiger charge is -2.18. The summed E-state index contributed by atoms with van der Waals surface area (Å²) in [7, 11) is 0. The zero-order valence-corrected chi connectivity index (χ0v) is 17.4. The van der Waals surface area contributed by atoms with Gasteiger partial charge >= 0.3 is 0 Å². The number of benzene rings is 1. The second kappa shape index (κ2) is 8.82. The molecule has 29 heavy (non-hydrogen) atoms. The van der Waals surface area contributed by atoms with E-state index in [1.165, 1.54) is 0 Å². The highest BCUT2D eigenvalue weighted by molar-refractivity contribution is 6.05. The molecule has 3 aromatic rings. The van der Waals surface area contributed by atoms with Gasteiger partial charge in [-0.2, -0.15) is 0 Å². The van der Waals surface area contributed by atoms with E-state index < -0.39 is 0 Å². The second-order valence-corrected chi connectivity index (χ2v) is 6.96. The van der Waals surface area contributed by atoms with E-state index in [0.717, 1.165) is 17.1 Å². The van der Waals surface area contributed by atoms with E-state index in [0.29, 0.717) is 36.4 Å². The van der Waals surface area contributed by atoms with Crippen LogP contribution in [0, 0.1) is 13.8 Å². The standard InChI is InChI=1S/C23H27N3O3/c1-5-25(6-2)23(28)18-9-11-19(12-10-18)24-22(27)21-14-16(3)26(17(21)4)15-20-8-7-13-29-20/h7-14H,5-6,15H2,1-4H3,(H,24,27). The Bertz CT molecular complexity index is 981. The molecule has 0 aliphatic rings. The number of hydrogen-bond acceptors (Lipinski definition) is 3. The maximum absolute atomic E-state index is 12.8. The van der Waals surface area contributed by atoms with E-state index in [-0.39, 0.29) is 11.8 Å². The Balaban J connectivity index is 1.73. The number of amides is 2. The first-order chi connectivity index (χ1) is 13.9. The summed E-state index contributed by atoms with van der Waals surface area (Å²) in [5, 5.41) is 2.92. The summed E-state index contributed by atoms with van der Waals surface area (Å²) in [5.74, 6) is 0.660. The Kier molecular flexibility index (Phi) is 6.22. The minimum Gasteiger partial charge on any atom is -0.467 e. The average molecular weight is 393 g/mol. The molecule has 1 N–H and O–H groups in total. The molecule has 0 saturated carbocycles. The van der Waals surface area contributed by atoms with Gasteiger partial charge in [0.25, 0.3) is 11.8 Å². The summed E-state index contributed by atoms with van der Waals surface area (Å²) in [6.45, 7) is 9.73. The maximum Gasteiger partial charge on any atom is 0.257 e. The topological polar surface area (TPSA) is 67.5 Å². The fourth-order valence-corrected chi connectivity index (χ4v) is 3.42. The monoisotopic (exact) mass is 393 g/mol. The molecule has 6 heteroatoms. The summed E-state index contributed by atoms with van der Waals surface area (Å²) in [6, 6.07) is 12.7. The smallest absolute Gasteiger partial charge is 0.257 e. The molecule has 2 aromatic heterocycles. The SMILES string of the molecule is CCN(CC)C(=O)c1ccc(NC(=O)c2cc(C)n(Cc3ccco3)c2C)cc1. The van der Waals surface area contributed by atoms with E-state index in [1.807, 2.05) is 45.9 Å². The third-order valence-corrected chi connectivity index (χ3v) is 5.15. The first kappa shape index (κ1) is 20.5. The fourth-order valence-electron chi connectivity index (χ4n) is 3.42. The molecule has 0 atom stereocenters. The highest BCUT2D eigenvalue weighted by Crippen LogP contribution is 2.20. The fraction of sp³-hybridized carbons (Fsp3) is 0.304. The molecule has 152 valence electrons. The molecule has 6 nitrogen and oxygen atoms in total. The van der Waals surface area contributed by atoms with Crippen molar-refractivity contribution >= 4 is 17.5 Å². The van der Waals surface area contributed by atoms with Crippen molar-refractivity contribution < 1.29 is 14.0 Å². The van der Waals surface area contributed by atoms with Crippen molar-refractivity contribution in [3.05, 3.63) is 77.0 Å². The van der Waals surface area contributed by atoms with Crippen LogP contribution in [0.4, 0.5) is 5.69 Å². The van der Waals surface area contributed by atoms with Gasteiger partial charge in [-0.25, -0.2) is 0 Å². The predicted molar refractivity (Wildman–Crippen MR) is 113 cm³/mol. The number of carbonyl (C=O) groups excluding carboxylic acids is 2. The Morgan fingerprint density at radius 1 is 1.07 bits per heavy atom. The van der Waals surface area contributed by atoms with E-state index in [4.69, 9.17) is 4.42 Å². The van der Waals surface area contributed by atoms with Crippen LogP contribution >= 0.6 is 0 Å². The van der Waals surface area contributed by atoms with Crippen molar-refractivity contribution in [2.75, 3.05) is 18.4 Å². The lowest BCUT2D eigenvalue weighted by molar-refractivity contribution is 0.0773. The number of hydrogen-bond donors (Lipinski definition) is 1. The normalized spacial score (nSPS) is 10.8. The Morgan fingerprint density at radius 2 is 1.76 bits per heavy atom. The number of furan rings is 1. The molecule has 2 amide bonds. The van der Waals surface area contributed by atoms with Gasteiger partial charge in [-0.3, -0.25) is 9.59 Å². The maximum atomic E-state index is 12.8. The molecule has 0 radical (unpaired) electrons. The number of rotatable bonds is 7. The Hall–Kier alpha value is -3.28. The Labute approximate surface area is 171 Å². The zero-order chi connectivity index (χ0) is 21.0. The van der Waals surface area contributed by atoms with Gasteiger partial charge in [-0.05, 0) is 70.2 Å².